The van der Waals surface area contributed by atoms with Crippen molar-refractivity contribution in [2.45, 2.75) is 19.9 Å². The smallest absolute Gasteiger partial charge is 0.227 e. The number of fused-ring (bicyclic) bond motifs is 1. The minimum absolute atomic E-state index is 0.0995. The normalized spacial score (nSPS) is 10.7. The Morgan fingerprint density at radius 2 is 2.24 bits per heavy atom. The van der Waals surface area contributed by atoms with Gasteiger partial charge in [0.15, 0.2) is 0 Å². The van der Waals surface area contributed by atoms with Crippen molar-refractivity contribution in [2.75, 3.05) is 11.9 Å². The van der Waals surface area contributed by atoms with E-state index in [4.69, 9.17) is 5.73 Å². The van der Waals surface area contributed by atoms with Crippen LogP contribution in [0, 0.1) is 0 Å². The molecule has 1 aromatic carbocycles. The lowest BCUT2D eigenvalue weighted by Crippen LogP contribution is -2.18. The lowest BCUT2D eigenvalue weighted by Gasteiger charge is -2.06. The number of carbonyl (C=O) groups excluding carboxylic acids is 1. The van der Waals surface area contributed by atoms with Crippen LogP contribution in [0.15, 0.2) is 24.3 Å². The fourth-order valence-corrected chi connectivity index (χ4v) is 1.81. The summed E-state index contributed by atoms with van der Waals surface area (Å²) >= 11 is 0. The predicted octanol–water partition coefficient (Wildman–Crippen LogP) is 1.34. The number of imidazole rings is 1. The van der Waals surface area contributed by atoms with Crippen LogP contribution in [-0.2, 0) is 11.3 Å². The van der Waals surface area contributed by atoms with E-state index in [0.29, 0.717) is 18.9 Å². The largest absolute Gasteiger partial charge is 0.330 e. The summed E-state index contributed by atoms with van der Waals surface area (Å²) in [5.74, 6) is 0.490. The zero-order valence-corrected chi connectivity index (χ0v) is 9.81. The van der Waals surface area contributed by atoms with Crippen molar-refractivity contribution >= 4 is 22.9 Å². The fraction of sp³-hybridized carbons (Fsp3) is 0.333. The van der Waals surface area contributed by atoms with Gasteiger partial charge < -0.3 is 10.3 Å². The Balaban J connectivity index is 2.36. The van der Waals surface area contributed by atoms with E-state index in [1.54, 1.807) is 0 Å². The molecule has 0 saturated carbocycles. The van der Waals surface area contributed by atoms with Gasteiger partial charge in [0.2, 0.25) is 11.9 Å². The van der Waals surface area contributed by atoms with Crippen molar-refractivity contribution in [1.29, 1.82) is 0 Å². The molecule has 1 heterocycles. The first-order valence-electron chi connectivity index (χ1n) is 5.71. The molecule has 1 aromatic heterocycles. The number of aryl methyl sites for hydroxylation is 1. The molecular weight excluding hydrogens is 216 g/mol. The molecule has 0 radical (unpaired) electrons. The molecular formula is C12H16N4O. The molecule has 0 aliphatic carbocycles. The SMILES string of the molecule is CCn1c(NC(=O)CCN)nc2ccccc21. The highest BCUT2D eigenvalue weighted by molar-refractivity contribution is 5.91. The van der Waals surface area contributed by atoms with Crippen molar-refractivity contribution in [2.24, 2.45) is 5.73 Å². The van der Waals surface area contributed by atoms with Gasteiger partial charge in [-0.3, -0.25) is 10.1 Å². The number of benzene rings is 1. The first kappa shape index (κ1) is 11.6. The van der Waals surface area contributed by atoms with Crippen molar-refractivity contribution in [1.82, 2.24) is 9.55 Å². The third-order valence-corrected chi connectivity index (χ3v) is 2.59. The number of anilines is 1. The quantitative estimate of drug-likeness (QED) is 0.835. The number of nitrogens with two attached hydrogens (primary N) is 1. The molecule has 1 amide bonds. The van der Waals surface area contributed by atoms with Gasteiger partial charge in [0, 0.05) is 19.5 Å². The third kappa shape index (κ3) is 2.29. The highest BCUT2D eigenvalue weighted by Crippen LogP contribution is 2.19. The second-order valence-corrected chi connectivity index (χ2v) is 3.76. The average molecular weight is 232 g/mol. The summed E-state index contributed by atoms with van der Waals surface area (Å²) in [4.78, 5) is 15.9. The fourth-order valence-electron chi connectivity index (χ4n) is 1.81. The summed E-state index contributed by atoms with van der Waals surface area (Å²) < 4.78 is 1.98. The summed E-state index contributed by atoms with van der Waals surface area (Å²) in [5, 5.41) is 2.78. The maximum atomic E-state index is 11.5. The third-order valence-electron chi connectivity index (χ3n) is 2.59. The number of para-hydroxylation sites is 2. The molecule has 5 nitrogen and oxygen atoms in total. The van der Waals surface area contributed by atoms with E-state index in [2.05, 4.69) is 10.3 Å². The molecule has 0 atom stereocenters. The molecule has 17 heavy (non-hydrogen) atoms. The van der Waals surface area contributed by atoms with E-state index in [1.807, 2.05) is 35.8 Å². The van der Waals surface area contributed by atoms with Gasteiger partial charge in [-0.25, -0.2) is 4.98 Å². The molecule has 0 bridgehead atoms. The molecule has 0 spiro atoms. The number of nitrogens with one attached hydrogen (secondary N) is 1. The molecule has 0 aliphatic heterocycles. The van der Waals surface area contributed by atoms with E-state index < -0.39 is 0 Å². The van der Waals surface area contributed by atoms with Crippen LogP contribution >= 0.6 is 0 Å². The van der Waals surface area contributed by atoms with E-state index in [0.717, 1.165) is 17.6 Å². The number of aromatic nitrogens is 2. The minimum atomic E-state index is -0.0995. The van der Waals surface area contributed by atoms with E-state index >= 15 is 0 Å². The summed E-state index contributed by atoms with van der Waals surface area (Å²) in [7, 11) is 0. The van der Waals surface area contributed by atoms with Crippen LogP contribution in [0.1, 0.15) is 13.3 Å². The Morgan fingerprint density at radius 3 is 2.94 bits per heavy atom. The van der Waals surface area contributed by atoms with Crippen molar-refractivity contribution in [3.63, 3.8) is 0 Å². The zero-order chi connectivity index (χ0) is 12.3. The Labute approximate surface area is 99.6 Å². The number of rotatable bonds is 4. The molecule has 0 fully saturated rings. The molecule has 90 valence electrons. The first-order valence-corrected chi connectivity index (χ1v) is 5.71. The Morgan fingerprint density at radius 1 is 1.47 bits per heavy atom. The topological polar surface area (TPSA) is 72.9 Å². The van der Waals surface area contributed by atoms with Crippen LogP contribution in [0.25, 0.3) is 11.0 Å². The van der Waals surface area contributed by atoms with Gasteiger partial charge in [-0.05, 0) is 19.1 Å². The Kier molecular flexibility index (Phi) is 3.39. The van der Waals surface area contributed by atoms with E-state index in [1.165, 1.54) is 0 Å². The van der Waals surface area contributed by atoms with Gasteiger partial charge in [0.25, 0.3) is 0 Å². The summed E-state index contributed by atoms with van der Waals surface area (Å²) in [6, 6.07) is 7.81. The van der Waals surface area contributed by atoms with Crippen molar-refractivity contribution in [3.8, 4) is 0 Å². The van der Waals surface area contributed by atoms with Crippen LogP contribution in [0.5, 0.6) is 0 Å². The van der Waals surface area contributed by atoms with E-state index in [-0.39, 0.29) is 5.91 Å². The summed E-state index contributed by atoms with van der Waals surface area (Å²) in [6.07, 6.45) is 0.312. The molecule has 0 aliphatic rings. The molecule has 0 saturated heterocycles. The molecule has 0 unspecified atom stereocenters. The lowest BCUT2D eigenvalue weighted by atomic mass is 10.3. The second kappa shape index (κ2) is 4.97. The minimum Gasteiger partial charge on any atom is -0.330 e. The molecule has 2 rings (SSSR count). The highest BCUT2D eigenvalue weighted by atomic mass is 16.1. The summed E-state index contributed by atoms with van der Waals surface area (Å²) in [6.45, 7) is 3.13. The molecule has 3 N–H and O–H groups in total. The van der Waals surface area contributed by atoms with Crippen LogP contribution < -0.4 is 11.1 Å². The van der Waals surface area contributed by atoms with Crippen LogP contribution in [0.3, 0.4) is 0 Å². The second-order valence-electron chi connectivity index (χ2n) is 3.76. The van der Waals surface area contributed by atoms with Gasteiger partial charge in [-0.2, -0.15) is 0 Å². The van der Waals surface area contributed by atoms with Crippen LogP contribution in [0.2, 0.25) is 0 Å². The molecule has 5 heteroatoms. The lowest BCUT2D eigenvalue weighted by molar-refractivity contribution is -0.116. The average Bonchev–Trinajstić information content (AvgIpc) is 2.66. The van der Waals surface area contributed by atoms with E-state index in [9.17, 15) is 4.79 Å². The van der Waals surface area contributed by atoms with Crippen molar-refractivity contribution in [3.05, 3.63) is 24.3 Å². The maximum Gasteiger partial charge on any atom is 0.227 e. The zero-order valence-electron chi connectivity index (χ0n) is 9.81. The number of carbonyl (C=O) groups is 1. The Hall–Kier alpha value is -1.88. The van der Waals surface area contributed by atoms with Gasteiger partial charge >= 0.3 is 0 Å². The van der Waals surface area contributed by atoms with Gasteiger partial charge in [-0.1, -0.05) is 12.1 Å². The standard InChI is InChI=1S/C12H16N4O/c1-2-16-10-6-4-3-5-9(10)14-12(16)15-11(17)7-8-13/h3-6H,2,7-8,13H2,1H3,(H,14,15,17). The number of amides is 1. The number of hydrogen-bond acceptors (Lipinski definition) is 3. The van der Waals surface area contributed by atoms with Gasteiger partial charge in [0.05, 0.1) is 11.0 Å². The first-order chi connectivity index (χ1) is 8.26. The molecule has 2 aromatic rings. The van der Waals surface area contributed by atoms with Crippen molar-refractivity contribution < 1.29 is 4.79 Å². The highest BCUT2D eigenvalue weighted by Gasteiger charge is 2.10. The van der Waals surface area contributed by atoms with Gasteiger partial charge in [0.1, 0.15) is 0 Å². The predicted molar refractivity (Wildman–Crippen MR) is 67.7 cm³/mol. The monoisotopic (exact) mass is 232 g/mol. The van der Waals surface area contributed by atoms with Crippen LogP contribution in [0.4, 0.5) is 5.95 Å². The van der Waals surface area contributed by atoms with Gasteiger partial charge in [-0.15, -0.1) is 0 Å². The number of hydrogen-bond donors (Lipinski definition) is 2. The number of nitrogens with zero attached hydrogens (tertiary/aromatic N) is 2. The van der Waals surface area contributed by atoms with Crippen LogP contribution in [-0.4, -0.2) is 22.0 Å². The maximum absolute atomic E-state index is 11.5. The Bertz CT molecular complexity index is 532. The summed E-state index contributed by atoms with van der Waals surface area (Å²) in [5.41, 5.74) is 7.25.